The summed E-state index contributed by atoms with van der Waals surface area (Å²) in [6, 6.07) is 3.82. The van der Waals surface area contributed by atoms with Crippen LogP contribution in [0.2, 0.25) is 0 Å². The lowest BCUT2D eigenvalue weighted by molar-refractivity contribution is 0.600. The highest BCUT2D eigenvalue weighted by Gasteiger charge is 2.31. The van der Waals surface area contributed by atoms with E-state index in [-0.39, 0.29) is 23.6 Å². The summed E-state index contributed by atoms with van der Waals surface area (Å²) >= 11 is 0. The number of aromatic nitrogens is 1. The lowest BCUT2D eigenvalue weighted by Crippen LogP contribution is -2.33. The smallest absolute Gasteiger partial charge is 0.152 e. The Morgan fingerprint density at radius 3 is 2.67 bits per heavy atom. The molecule has 6 heteroatoms. The van der Waals surface area contributed by atoms with Crippen LogP contribution in [-0.2, 0) is 9.84 Å². The van der Waals surface area contributed by atoms with Gasteiger partial charge in [-0.15, -0.1) is 0 Å². The topological polar surface area (TPSA) is 76.3 Å². The van der Waals surface area contributed by atoms with Gasteiger partial charge in [0, 0.05) is 25.3 Å². The second-order valence-corrected chi connectivity index (χ2v) is 7.13. The zero-order valence-corrected chi connectivity index (χ0v) is 11.5. The molecular formula is C12H19N3O2S. The molecule has 0 radical (unpaired) electrons. The molecule has 0 saturated carbocycles. The Morgan fingerprint density at radius 2 is 2.22 bits per heavy atom. The van der Waals surface area contributed by atoms with Crippen molar-refractivity contribution >= 4 is 15.7 Å². The fourth-order valence-corrected chi connectivity index (χ4v) is 3.92. The Balaban J connectivity index is 2.12. The van der Waals surface area contributed by atoms with Crippen LogP contribution in [0.25, 0.3) is 0 Å². The Kier molecular flexibility index (Phi) is 3.59. The maximum Gasteiger partial charge on any atom is 0.152 e. The van der Waals surface area contributed by atoms with Gasteiger partial charge in [-0.3, -0.25) is 0 Å². The number of pyridine rings is 1. The lowest BCUT2D eigenvalue weighted by Gasteiger charge is -2.24. The maximum atomic E-state index is 11.5. The number of nitrogens with two attached hydrogens (primary N) is 1. The highest BCUT2D eigenvalue weighted by molar-refractivity contribution is 7.91. The summed E-state index contributed by atoms with van der Waals surface area (Å²) in [5.74, 6) is 1.29. The summed E-state index contributed by atoms with van der Waals surface area (Å²) in [6.07, 6.45) is 2.43. The van der Waals surface area contributed by atoms with Gasteiger partial charge in [0.15, 0.2) is 9.84 Å². The maximum absolute atomic E-state index is 11.5. The van der Waals surface area contributed by atoms with Crippen LogP contribution < -0.4 is 10.6 Å². The molecule has 0 aromatic carbocycles. The van der Waals surface area contributed by atoms with Crippen molar-refractivity contribution in [2.75, 3.05) is 23.5 Å². The second-order valence-electron chi connectivity index (χ2n) is 4.91. The van der Waals surface area contributed by atoms with E-state index in [2.05, 4.69) is 4.98 Å². The molecule has 1 aliphatic heterocycles. The van der Waals surface area contributed by atoms with Crippen molar-refractivity contribution < 1.29 is 8.42 Å². The van der Waals surface area contributed by atoms with Crippen molar-refractivity contribution in [2.24, 2.45) is 5.73 Å². The first-order chi connectivity index (χ1) is 8.39. The Morgan fingerprint density at radius 1 is 1.50 bits per heavy atom. The van der Waals surface area contributed by atoms with Gasteiger partial charge < -0.3 is 10.6 Å². The number of anilines is 1. The van der Waals surface area contributed by atoms with Gasteiger partial charge in [0.05, 0.1) is 11.5 Å². The van der Waals surface area contributed by atoms with Crippen LogP contribution in [0.5, 0.6) is 0 Å². The highest BCUT2D eigenvalue weighted by Crippen LogP contribution is 2.22. The normalized spacial score (nSPS) is 23.8. The minimum atomic E-state index is -2.86. The van der Waals surface area contributed by atoms with Crippen LogP contribution in [0.3, 0.4) is 0 Å². The minimum Gasteiger partial charge on any atom is -0.356 e. The van der Waals surface area contributed by atoms with Crippen molar-refractivity contribution in [3.63, 3.8) is 0 Å². The number of rotatable bonds is 3. The molecule has 0 aliphatic carbocycles. The molecule has 1 aromatic rings. The van der Waals surface area contributed by atoms with Gasteiger partial charge in [-0.2, -0.15) is 0 Å². The van der Waals surface area contributed by atoms with Gasteiger partial charge in [0.25, 0.3) is 0 Å². The van der Waals surface area contributed by atoms with E-state index in [0.29, 0.717) is 6.42 Å². The van der Waals surface area contributed by atoms with Crippen molar-refractivity contribution in [1.29, 1.82) is 0 Å². The summed E-state index contributed by atoms with van der Waals surface area (Å²) < 4.78 is 22.9. The van der Waals surface area contributed by atoms with E-state index in [1.54, 1.807) is 6.20 Å². The first kappa shape index (κ1) is 13.3. The fraction of sp³-hybridized carbons (Fsp3) is 0.583. The Bertz CT molecular complexity index is 511. The van der Waals surface area contributed by atoms with Gasteiger partial charge in [-0.05, 0) is 25.0 Å². The Hall–Kier alpha value is -1.14. The van der Waals surface area contributed by atoms with Gasteiger partial charge in [-0.1, -0.05) is 6.07 Å². The Labute approximate surface area is 108 Å². The van der Waals surface area contributed by atoms with E-state index in [1.165, 1.54) is 0 Å². The molecule has 1 unspecified atom stereocenters. The zero-order valence-electron chi connectivity index (χ0n) is 10.7. The summed E-state index contributed by atoms with van der Waals surface area (Å²) in [6.45, 7) is 1.91. The van der Waals surface area contributed by atoms with Crippen LogP contribution in [0.4, 0.5) is 5.82 Å². The number of hydrogen-bond donors (Lipinski definition) is 1. The molecule has 2 heterocycles. The molecule has 1 aromatic heterocycles. The summed E-state index contributed by atoms with van der Waals surface area (Å²) in [5, 5.41) is 0. The third-order valence-corrected chi connectivity index (χ3v) is 5.16. The lowest BCUT2D eigenvalue weighted by atomic mass is 10.1. The van der Waals surface area contributed by atoms with Crippen LogP contribution in [0.15, 0.2) is 18.3 Å². The largest absolute Gasteiger partial charge is 0.356 e. The standard InChI is InChI=1S/C12H19N3O2S/c1-9(13)10-3-4-12(14-7-10)15(2)11-5-6-18(16,17)8-11/h3-4,7,9,11H,5-6,8,13H2,1-2H3/t9-,11?/m0/s1. The van der Waals surface area contributed by atoms with E-state index in [4.69, 9.17) is 5.73 Å². The third-order valence-electron chi connectivity index (χ3n) is 3.41. The zero-order chi connectivity index (χ0) is 13.3. The van der Waals surface area contributed by atoms with Crippen LogP contribution in [0, 0.1) is 0 Å². The molecule has 18 heavy (non-hydrogen) atoms. The molecule has 0 spiro atoms. The van der Waals surface area contributed by atoms with Crippen LogP contribution in [0.1, 0.15) is 24.9 Å². The molecule has 100 valence electrons. The van der Waals surface area contributed by atoms with E-state index in [0.717, 1.165) is 11.4 Å². The summed E-state index contributed by atoms with van der Waals surface area (Å²) in [7, 11) is -0.971. The van der Waals surface area contributed by atoms with Crippen molar-refractivity contribution in [3.8, 4) is 0 Å². The first-order valence-corrected chi connectivity index (χ1v) is 7.86. The van der Waals surface area contributed by atoms with Crippen molar-refractivity contribution in [3.05, 3.63) is 23.9 Å². The van der Waals surface area contributed by atoms with Gasteiger partial charge in [0.1, 0.15) is 5.82 Å². The number of sulfone groups is 1. The molecule has 2 N–H and O–H groups in total. The molecule has 2 rings (SSSR count). The van der Waals surface area contributed by atoms with Crippen LogP contribution >= 0.6 is 0 Å². The predicted octanol–water partition coefficient (Wildman–Crippen LogP) is 0.725. The molecule has 1 fully saturated rings. The van der Waals surface area contributed by atoms with Gasteiger partial charge in [0.2, 0.25) is 0 Å². The molecule has 1 aliphatic rings. The number of hydrogen-bond acceptors (Lipinski definition) is 5. The molecule has 2 atom stereocenters. The monoisotopic (exact) mass is 269 g/mol. The molecule has 1 saturated heterocycles. The predicted molar refractivity (Wildman–Crippen MR) is 72.3 cm³/mol. The molecule has 0 bridgehead atoms. The second kappa shape index (κ2) is 4.85. The SMILES string of the molecule is C[C@H](N)c1ccc(N(C)C2CCS(=O)(=O)C2)nc1. The average Bonchev–Trinajstić information content (AvgIpc) is 2.69. The van der Waals surface area contributed by atoms with E-state index >= 15 is 0 Å². The van der Waals surface area contributed by atoms with Gasteiger partial charge in [-0.25, -0.2) is 13.4 Å². The molecular weight excluding hydrogens is 250 g/mol. The summed E-state index contributed by atoms with van der Waals surface area (Å²) in [4.78, 5) is 6.28. The highest BCUT2D eigenvalue weighted by atomic mass is 32.2. The quantitative estimate of drug-likeness (QED) is 0.875. The van der Waals surface area contributed by atoms with Crippen molar-refractivity contribution in [1.82, 2.24) is 4.98 Å². The molecule has 0 amide bonds. The van der Waals surface area contributed by atoms with Gasteiger partial charge >= 0.3 is 0 Å². The fourth-order valence-electron chi connectivity index (χ4n) is 2.14. The minimum absolute atomic E-state index is 0.0312. The third kappa shape index (κ3) is 2.81. The van der Waals surface area contributed by atoms with E-state index in [9.17, 15) is 8.42 Å². The molecule has 5 nitrogen and oxygen atoms in total. The first-order valence-electron chi connectivity index (χ1n) is 6.04. The summed E-state index contributed by atoms with van der Waals surface area (Å²) in [5.41, 5.74) is 6.74. The van der Waals surface area contributed by atoms with Crippen molar-refractivity contribution in [2.45, 2.75) is 25.4 Å². The van der Waals surface area contributed by atoms with E-state index in [1.807, 2.05) is 31.0 Å². The van der Waals surface area contributed by atoms with E-state index < -0.39 is 9.84 Å². The number of nitrogens with zero attached hydrogens (tertiary/aromatic N) is 2. The average molecular weight is 269 g/mol. The van der Waals surface area contributed by atoms with Crippen LogP contribution in [-0.4, -0.2) is 38.0 Å².